The third-order valence-electron chi connectivity index (χ3n) is 3.57. The summed E-state index contributed by atoms with van der Waals surface area (Å²) in [5, 5.41) is 4.61. The van der Waals surface area contributed by atoms with Gasteiger partial charge in [-0.2, -0.15) is 0 Å². The molecule has 1 saturated heterocycles. The molecule has 17 heavy (non-hydrogen) atoms. The normalized spacial score (nSPS) is 19.7. The molecule has 0 amide bonds. The van der Waals surface area contributed by atoms with Gasteiger partial charge in [0.15, 0.2) is 0 Å². The highest BCUT2D eigenvalue weighted by Gasteiger charge is 2.19. The molecule has 1 aliphatic rings. The van der Waals surface area contributed by atoms with Crippen molar-refractivity contribution >= 4 is 16.6 Å². The van der Waals surface area contributed by atoms with Crippen LogP contribution in [0.4, 0.5) is 5.69 Å². The highest BCUT2D eigenvalue weighted by molar-refractivity contribution is 5.81. The molecule has 2 heterocycles. The Morgan fingerprint density at radius 3 is 3.06 bits per heavy atom. The van der Waals surface area contributed by atoms with Crippen molar-refractivity contribution in [1.29, 1.82) is 0 Å². The molecule has 1 aliphatic heterocycles. The van der Waals surface area contributed by atoms with E-state index in [1.807, 2.05) is 12.3 Å². The van der Waals surface area contributed by atoms with Gasteiger partial charge in [0, 0.05) is 25.0 Å². The number of fused-ring (bicyclic) bond motifs is 1. The van der Waals surface area contributed by atoms with Gasteiger partial charge in [0.05, 0.1) is 17.4 Å². The molecule has 1 unspecified atom stereocenters. The molecule has 1 N–H and O–H groups in total. The van der Waals surface area contributed by atoms with Gasteiger partial charge in [-0.3, -0.25) is 4.98 Å². The van der Waals surface area contributed by atoms with Crippen molar-refractivity contribution in [1.82, 2.24) is 10.3 Å². The average molecular weight is 227 g/mol. The molecule has 0 radical (unpaired) electrons. The zero-order valence-electron chi connectivity index (χ0n) is 10.1. The SMILES string of the molecule is CN(c1cnc2ccccc2c1)C1CCNC1. The Hall–Kier alpha value is -1.61. The molecule has 1 fully saturated rings. The summed E-state index contributed by atoms with van der Waals surface area (Å²) in [6, 6.07) is 11.1. The molecule has 0 aliphatic carbocycles. The molecule has 0 saturated carbocycles. The van der Waals surface area contributed by atoms with E-state index in [1.165, 1.54) is 17.5 Å². The second-order valence-corrected chi connectivity index (χ2v) is 4.64. The molecule has 0 spiro atoms. The summed E-state index contributed by atoms with van der Waals surface area (Å²) in [6.45, 7) is 2.19. The fourth-order valence-corrected chi connectivity index (χ4v) is 2.43. The minimum Gasteiger partial charge on any atom is -0.369 e. The minimum atomic E-state index is 0.595. The van der Waals surface area contributed by atoms with E-state index in [0.29, 0.717) is 6.04 Å². The fourth-order valence-electron chi connectivity index (χ4n) is 2.43. The average Bonchev–Trinajstić information content (AvgIpc) is 2.91. The number of pyridine rings is 1. The lowest BCUT2D eigenvalue weighted by molar-refractivity contribution is 0.685. The van der Waals surface area contributed by atoms with Gasteiger partial charge in [0.25, 0.3) is 0 Å². The first kappa shape index (κ1) is 10.5. The third-order valence-corrected chi connectivity index (χ3v) is 3.57. The zero-order chi connectivity index (χ0) is 11.7. The number of anilines is 1. The summed E-state index contributed by atoms with van der Waals surface area (Å²) in [7, 11) is 2.16. The smallest absolute Gasteiger partial charge is 0.0703 e. The van der Waals surface area contributed by atoms with Crippen LogP contribution >= 0.6 is 0 Å². The van der Waals surface area contributed by atoms with Gasteiger partial charge in [0.2, 0.25) is 0 Å². The molecule has 1 aromatic carbocycles. The highest BCUT2D eigenvalue weighted by atomic mass is 15.2. The Balaban J connectivity index is 1.94. The molecule has 1 aromatic heterocycles. The summed E-state index contributed by atoms with van der Waals surface area (Å²) in [6.07, 6.45) is 3.18. The standard InChI is InChI=1S/C14H17N3/c1-17(12-6-7-15-9-12)13-8-11-4-2-3-5-14(11)16-10-13/h2-5,8,10,12,15H,6-7,9H2,1H3. The maximum Gasteiger partial charge on any atom is 0.0703 e. The van der Waals surface area contributed by atoms with E-state index in [9.17, 15) is 0 Å². The van der Waals surface area contributed by atoms with E-state index in [2.05, 4.69) is 46.5 Å². The lowest BCUT2D eigenvalue weighted by Gasteiger charge is -2.25. The van der Waals surface area contributed by atoms with Crippen molar-refractivity contribution in [2.24, 2.45) is 0 Å². The van der Waals surface area contributed by atoms with Gasteiger partial charge in [0.1, 0.15) is 0 Å². The Morgan fingerprint density at radius 1 is 1.35 bits per heavy atom. The van der Waals surface area contributed by atoms with E-state index >= 15 is 0 Å². The van der Waals surface area contributed by atoms with Crippen LogP contribution in [0.25, 0.3) is 10.9 Å². The second kappa shape index (κ2) is 4.34. The number of hydrogen-bond donors (Lipinski definition) is 1. The fraction of sp³-hybridized carbons (Fsp3) is 0.357. The number of hydrogen-bond acceptors (Lipinski definition) is 3. The van der Waals surface area contributed by atoms with Crippen LogP contribution in [0, 0.1) is 0 Å². The van der Waals surface area contributed by atoms with Crippen LogP contribution in [-0.4, -0.2) is 31.2 Å². The quantitative estimate of drug-likeness (QED) is 0.851. The first-order chi connectivity index (χ1) is 8.34. The van der Waals surface area contributed by atoms with Gasteiger partial charge in [-0.15, -0.1) is 0 Å². The van der Waals surface area contributed by atoms with Crippen LogP contribution in [0.5, 0.6) is 0 Å². The van der Waals surface area contributed by atoms with Crippen molar-refractivity contribution in [3.05, 3.63) is 36.5 Å². The van der Waals surface area contributed by atoms with E-state index in [0.717, 1.165) is 18.6 Å². The molecular weight excluding hydrogens is 210 g/mol. The highest BCUT2D eigenvalue weighted by Crippen LogP contribution is 2.21. The summed E-state index contributed by atoms with van der Waals surface area (Å²) in [4.78, 5) is 6.84. The van der Waals surface area contributed by atoms with Crippen molar-refractivity contribution < 1.29 is 0 Å². The van der Waals surface area contributed by atoms with Gasteiger partial charge < -0.3 is 10.2 Å². The number of nitrogens with zero attached hydrogens (tertiary/aromatic N) is 2. The van der Waals surface area contributed by atoms with Crippen molar-refractivity contribution in [3.63, 3.8) is 0 Å². The molecule has 2 aromatic rings. The maximum absolute atomic E-state index is 4.51. The van der Waals surface area contributed by atoms with Crippen LogP contribution in [0.1, 0.15) is 6.42 Å². The van der Waals surface area contributed by atoms with Crippen LogP contribution < -0.4 is 10.2 Å². The lowest BCUT2D eigenvalue weighted by atomic mass is 10.1. The predicted octanol–water partition coefficient (Wildman–Crippen LogP) is 2.03. The van der Waals surface area contributed by atoms with Gasteiger partial charge in [-0.25, -0.2) is 0 Å². The predicted molar refractivity (Wildman–Crippen MR) is 71.4 cm³/mol. The molecule has 88 valence electrons. The molecular formula is C14H17N3. The molecule has 3 rings (SSSR count). The van der Waals surface area contributed by atoms with Crippen LogP contribution in [0.3, 0.4) is 0 Å². The number of likely N-dealkylation sites (N-methyl/N-ethyl adjacent to an activating group) is 1. The first-order valence-corrected chi connectivity index (χ1v) is 6.13. The van der Waals surface area contributed by atoms with Crippen molar-refractivity contribution in [3.8, 4) is 0 Å². The maximum atomic E-state index is 4.51. The minimum absolute atomic E-state index is 0.595. The topological polar surface area (TPSA) is 28.2 Å². The largest absolute Gasteiger partial charge is 0.369 e. The Labute approximate surface area is 101 Å². The summed E-state index contributed by atoms with van der Waals surface area (Å²) in [5.74, 6) is 0. The van der Waals surface area contributed by atoms with E-state index < -0.39 is 0 Å². The van der Waals surface area contributed by atoms with Gasteiger partial charge >= 0.3 is 0 Å². The van der Waals surface area contributed by atoms with Crippen LogP contribution in [0.2, 0.25) is 0 Å². The van der Waals surface area contributed by atoms with Crippen molar-refractivity contribution in [2.75, 3.05) is 25.0 Å². The number of aromatic nitrogens is 1. The molecule has 1 atom stereocenters. The third kappa shape index (κ3) is 1.98. The van der Waals surface area contributed by atoms with Gasteiger partial charge in [-0.1, -0.05) is 18.2 Å². The lowest BCUT2D eigenvalue weighted by Crippen LogP contribution is -2.33. The van der Waals surface area contributed by atoms with Gasteiger partial charge in [-0.05, 0) is 25.1 Å². The summed E-state index contributed by atoms with van der Waals surface area (Å²) >= 11 is 0. The Kier molecular flexibility index (Phi) is 2.69. The Morgan fingerprint density at radius 2 is 2.24 bits per heavy atom. The number of rotatable bonds is 2. The van der Waals surface area contributed by atoms with E-state index in [4.69, 9.17) is 0 Å². The molecule has 0 bridgehead atoms. The monoisotopic (exact) mass is 227 g/mol. The van der Waals surface area contributed by atoms with Crippen molar-refractivity contribution in [2.45, 2.75) is 12.5 Å². The molecule has 3 nitrogen and oxygen atoms in total. The summed E-state index contributed by atoms with van der Waals surface area (Å²) < 4.78 is 0. The Bertz CT molecular complexity index is 518. The van der Waals surface area contributed by atoms with E-state index in [-0.39, 0.29) is 0 Å². The first-order valence-electron chi connectivity index (χ1n) is 6.13. The zero-order valence-corrected chi connectivity index (χ0v) is 10.1. The van der Waals surface area contributed by atoms with E-state index in [1.54, 1.807) is 0 Å². The summed E-state index contributed by atoms with van der Waals surface area (Å²) in [5.41, 5.74) is 2.27. The molecule has 3 heteroatoms. The number of nitrogens with one attached hydrogen (secondary N) is 1. The number of para-hydroxylation sites is 1. The van der Waals surface area contributed by atoms with Crippen LogP contribution in [0.15, 0.2) is 36.5 Å². The van der Waals surface area contributed by atoms with Crippen LogP contribution in [-0.2, 0) is 0 Å². The number of benzene rings is 1. The second-order valence-electron chi connectivity index (χ2n) is 4.64.